The second-order valence-corrected chi connectivity index (χ2v) is 10.8. The molecule has 38 heavy (non-hydrogen) atoms. The number of halogens is 1. The topological polar surface area (TPSA) is 65.9 Å². The number of piperidine rings is 1. The quantitative estimate of drug-likeness (QED) is 0.302. The summed E-state index contributed by atoms with van der Waals surface area (Å²) in [5, 5.41) is 10.5. The lowest BCUT2D eigenvalue weighted by Crippen LogP contribution is -2.41. The van der Waals surface area contributed by atoms with Gasteiger partial charge in [-0.15, -0.1) is 0 Å². The number of anilines is 1. The van der Waals surface area contributed by atoms with Gasteiger partial charge in [-0.3, -0.25) is 9.78 Å². The smallest absolute Gasteiger partial charge is 0.303 e. The average molecular weight is 522 g/mol. The Hall–Kier alpha value is -3.19. The number of pyridine rings is 1. The number of carboxylic acid groups (broad SMARTS) is 1. The number of hydrogen-bond donors (Lipinski definition) is 1. The Bertz CT molecular complexity index is 1210. The molecule has 2 aromatic carbocycles. The van der Waals surface area contributed by atoms with Crippen LogP contribution in [0.2, 0.25) is 0 Å². The van der Waals surface area contributed by atoms with Gasteiger partial charge in [-0.05, 0) is 87.3 Å². The fraction of sp³-hybridized carbons (Fsp3) is 0.484. The second kappa shape index (κ2) is 12.6. The summed E-state index contributed by atoms with van der Waals surface area (Å²) in [6, 6.07) is 16.0. The Balaban J connectivity index is 1.44. The lowest BCUT2D eigenvalue weighted by atomic mass is 9.71. The van der Waals surface area contributed by atoms with E-state index in [0.29, 0.717) is 17.7 Å². The molecule has 0 unspecified atom stereocenters. The molecule has 1 aromatic heterocycles. The van der Waals surface area contributed by atoms with Gasteiger partial charge in [-0.25, -0.2) is 4.39 Å². The first-order valence-corrected chi connectivity index (χ1v) is 13.6. The van der Waals surface area contributed by atoms with Crippen molar-refractivity contribution in [2.45, 2.75) is 51.1 Å². The van der Waals surface area contributed by atoms with Crippen molar-refractivity contribution in [1.29, 1.82) is 0 Å². The minimum absolute atomic E-state index is 0.0863. The maximum absolute atomic E-state index is 16.1. The van der Waals surface area contributed by atoms with Crippen LogP contribution in [0.3, 0.4) is 0 Å². The maximum Gasteiger partial charge on any atom is 0.303 e. The number of aromatic nitrogens is 1. The molecule has 1 aliphatic heterocycles. The van der Waals surface area contributed by atoms with Gasteiger partial charge in [0.15, 0.2) is 0 Å². The zero-order valence-corrected chi connectivity index (χ0v) is 22.8. The molecule has 1 aliphatic rings. The number of ether oxygens (including phenoxy) is 1. The molecule has 3 aromatic rings. The Morgan fingerprint density at radius 1 is 1.18 bits per heavy atom. The SMILES string of the molecule is COc1ccc2ncc(N(C)C)c([C@@H](F)CCC3(CC(=O)O)CCN(CCCc4ccccc4)CC3)c2c1. The van der Waals surface area contributed by atoms with E-state index in [4.69, 9.17) is 4.74 Å². The van der Waals surface area contributed by atoms with Crippen LogP contribution in [0.15, 0.2) is 54.7 Å². The maximum atomic E-state index is 16.1. The minimum Gasteiger partial charge on any atom is -0.497 e. The summed E-state index contributed by atoms with van der Waals surface area (Å²) in [6.07, 6.45) is 5.07. The highest BCUT2D eigenvalue weighted by atomic mass is 19.1. The van der Waals surface area contributed by atoms with E-state index in [-0.39, 0.29) is 18.3 Å². The number of aryl methyl sites for hydroxylation is 1. The van der Waals surface area contributed by atoms with Crippen molar-refractivity contribution in [3.05, 3.63) is 65.9 Å². The lowest BCUT2D eigenvalue weighted by molar-refractivity contribution is -0.141. The highest BCUT2D eigenvalue weighted by molar-refractivity contribution is 5.88. The van der Waals surface area contributed by atoms with Crippen LogP contribution in [0, 0.1) is 5.41 Å². The molecule has 0 amide bonds. The van der Waals surface area contributed by atoms with Crippen molar-refractivity contribution in [3.8, 4) is 5.75 Å². The number of fused-ring (bicyclic) bond motifs is 1. The number of nitrogens with zero attached hydrogens (tertiary/aromatic N) is 3. The summed E-state index contributed by atoms with van der Waals surface area (Å²) in [7, 11) is 5.37. The Kier molecular flexibility index (Phi) is 9.21. The molecule has 0 spiro atoms. The molecule has 0 radical (unpaired) electrons. The van der Waals surface area contributed by atoms with Gasteiger partial charge in [0.25, 0.3) is 0 Å². The predicted molar refractivity (Wildman–Crippen MR) is 151 cm³/mol. The summed E-state index contributed by atoms with van der Waals surface area (Å²) in [4.78, 5) is 20.7. The fourth-order valence-corrected chi connectivity index (χ4v) is 5.81. The molecule has 1 saturated heterocycles. The highest BCUT2D eigenvalue weighted by Gasteiger charge is 2.37. The summed E-state index contributed by atoms with van der Waals surface area (Å²) >= 11 is 0. The monoisotopic (exact) mass is 521 g/mol. The van der Waals surface area contributed by atoms with Crippen LogP contribution in [0.25, 0.3) is 10.9 Å². The van der Waals surface area contributed by atoms with Gasteiger partial charge in [0.2, 0.25) is 0 Å². The van der Waals surface area contributed by atoms with E-state index in [0.717, 1.165) is 61.9 Å². The van der Waals surface area contributed by atoms with E-state index < -0.39 is 12.1 Å². The fourth-order valence-electron chi connectivity index (χ4n) is 5.81. The first-order valence-electron chi connectivity index (χ1n) is 13.6. The van der Waals surface area contributed by atoms with Crippen LogP contribution in [-0.4, -0.2) is 61.8 Å². The van der Waals surface area contributed by atoms with Gasteiger partial charge >= 0.3 is 5.97 Å². The minimum atomic E-state index is -1.24. The van der Waals surface area contributed by atoms with Gasteiger partial charge in [-0.1, -0.05) is 30.3 Å². The Labute approximate surface area is 225 Å². The largest absolute Gasteiger partial charge is 0.497 e. The van der Waals surface area contributed by atoms with Gasteiger partial charge in [0, 0.05) is 25.0 Å². The van der Waals surface area contributed by atoms with Crippen LogP contribution in [0.1, 0.15) is 55.8 Å². The summed E-state index contributed by atoms with van der Waals surface area (Å²) in [6.45, 7) is 2.72. The van der Waals surface area contributed by atoms with E-state index in [1.807, 2.05) is 43.3 Å². The van der Waals surface area contributed by atoms with Crippen LogP contribution < -0.4 is 9.64 Å². The molecular weight excluding hydrogens is 481 g/mol. The van der Waals surface area contributed by atoms with Gasteiger partial charge in [0.05, 0.1) is 30.9 Å². The van der Waals surface area contributed by atoms with E-state index in [1.165, 1.54) is 5.56 Å². The molecule has 1 atom stereocenters. The average Bonchev–Trinajstić information content (AvgIpc) is 2.92. The van der Waals surface area contributed by atoms with Crippen LogP contribution >= 0.6 is 0 Å². The van der Waals surface area contributed by atoms with Crippen molar-refractivity contribution < 1.29 is 19.0 Å². The molecule has 6 nitrogen and oxygen atoms in total. The number of methoxy groups -OCH3 is 1. The molecule has 0 saturated carbocycles. The first kappa shape index (κ1) is 27.8. The first-order chi connectivity index (χ1) is 18.3. The second-order valence-electron chi connectivity index (χ2n) is 10.8. The number of aliphatic carboxylic acids is 1. The molecule has 2 heterocycles. The van der Waals surface area contributed by atoms with Crippen LogP contribution in [0.5, 0.6) is 5.75 Å². The molecule has 7 heteroatoms. The van der Waals surface area contributed by atoms with Crippen molar-refractivity contribution >= 4 is 22.6 Å². The number of alkyl halides is 1. The number of benzene rings is 2. The summed E-state index contributed by atoms with van der Waals surface area (Å²) in [5.74, 6) is -0.142. The van der Waals surface area contributed by atoms with Gasteiger partial charge in [-0.2, -0.15) is 0 Å². The number of carboxylic acids is 1. The highest BCUT2D eigenvalue weighted by Crippen LogP contribution is 2.44. The van der Waals surface area contributed by atoms with Crippen molar-refractivity contribution in [3.63, 3.8) is 0 Å². The molecule has 1 fully saturated rings. The van der Waals surface area contributed by atoms with Crippen LogP contribution in [-0.2, 0) is 11.2 Å². The molecule has 204 valence electrons. The lowest BCUT2D eigenvalue weighted by Gasteiger charge is -2.41. The Morgan fingerprint density at radius 3 is 2.58 bits per heavy atom. The van der Waals surface area contributed by atoms with Crippen molar-refractivity contribution in [2.24, 2.45) is 5.41 Å². The van der Waals surface area contributed by atoms with Gasteiger partial charge < -0.3 is 19.6 Å². The van der Waals surface area contributed by atoms with E-state index >= 15 is 4.39 Å². The van der Waals surface area contributed by atoms with Gasteiger partial charge in [0.1, 0.15) is 11.9 Å². The number of carbonyl (C=O) groups is 1. The zero-order valence-electron chi connectivity index (χ0n) is 22.8. The van der Waals surface area contributed by atoms with E-state index in [2.05, 4.69) is 34.1 Å². The normalized spacial score (nSPS) is 16.3. The number of hydrogen-bond acceptors (Lipinski definition) is 5. The summed E-state index contributed by atoms with van der Waals surface area (Å²) < 4.78 is 21.5. The van der Waals surface area contributed by atoms with Crippen molar-refractivity contribution in [2.75, 3.05) is 45.7 Å². The third-order valence-corrected chi connectivity index (χ3v) is 8.04. The Morgan fingerprint density at radius 2 is 1.92 bits per heavy atom. The predicted octanol–water partition coefficient (Wildman–Crippen LogP) is 6.29. The standard InChI is InChI=1S/C31H40FN3O3/c1-34(2)28-22-33-27-12-11-24(38-3)20-25(27)30(28)26(32)13-14-31(21-29(36)37)15-18-35(19-16-31)17-7-10-23-8-5-4-6-9-23/h4-6,8-9,11-12,20,22,26H,7,10,13-19,21H2,1-3H3,(H,36,37)/t26-/m0/s1. The third kappa shape index (κ3) is 6.81. The molecule has 4 rings (SSSR count). The summed E-state index contributed by atoms with van der Waals surface area (Å²) in [5.41, 5.74) is 3.02. The van der Waals surface area contributed by atoms with E-state index in [1.54, 1.807) is 13.3 Å². The molecular formula is C31H40FN3O3. The van der Waals surface area contributed by atoms with Crippen LogP contribution in [0.4, 0.5) is 10.1 Å². The van der Waals surface area contributed by atoms with E-state index in [9.17, 15) is 9.90 Å². The number of rotatable bonds is 12. The molecule has 1 N–H and O–H groups in total. The number of likely N-dealkylation sites (tertiary alicyclic amines) is 1. The third-order valence-electron chi connectivity index (χ3n) is 8.04. The molecule has 0 aliphatic carbocycles. The van der Waals surface area contributed by atoms with Crippen molar-refractivity contribution in [1.82, 2.24) is 9.88 Å². The molecule has 0 bridgehead atoms. The zero-order chi connectivity index (χ0) is 27.1.